The van der Waals surface area contributed by atoms with E-state index in [0.717, 1.165) is 48.8 Å². The Hall–Kier alpha value is -2.97. The topological polar surface area (TPSA) is 85.1 Å². The van der Waals surface area contributed by atoms with Crippen LogP contribution in [0, 0.1) is 13.8 Å². The smallest absolute Gasteiger partial charge is 0.254 e. The van der Waals surface area contributed by atoms with E-state index in [4.69, 9.17) is 9.51 Å². The Bertz CT molecular complexity index is 1280. The van der Waals surface area contributed by atoms with Crippen LogP contribution in [-0.4, -0.2) is 18.6 Å². The van der Waals surface area contributed by atoms with Crippen LogP contribution in [0.2, 0.25) is 0 Å². The molecule has 0 aliphatic heterocycles. The Morgan fingerprint density at radius 3 is 2.68 bits per heavy atom. The van der Waals surface area contributed by atoms with Crippen molar-refractivity contribution in [1.29, 1.82) is 0 Å². The van der Waals surface area contributed by atoms with E-state index in [0.29, 0.717) is 5.69 Å². The summed E-state index contributed by atoms with van der Waals surface area (Å²) in [6.07, 6.45) is 0. The van der Waals surface area contributed by atoms with Gasteiger partial charge in [-0.1, -0.05) is 29.9 Å². The van der Waals surface area contributed by atoms with Gasteiger partial charge < -0.3 is 4.52 Å². The van der Waals surface area contributed by atoms with Crippen molar-refractivity contribution in [2.75, 3.05) is 4.72 Å². The SMILES string of the molecule is C=CS(=O)(=O)Nc1cccc(-c2nc3ccc(-c4c(C)noc4C)cc3s2)c1. The molecule has 142 valence electrons. The summed E-state index contributed by atoms with van der Waals surface area (Å²) in [5.41, 5.74) is 5.07. The molecule has 1 N–H and O–H groups in total. The number of aryl methyl sites for hydroxylation is 2. The molecule has 0 aliphatic rings. The molecule has 6 nitrogen and oxygen atoms in total. The Labute approximate surface area is 166 Å². The zero-order chi connectivity index (χ0) is 19.9. The average molecular weight is 412 g/mol. The van der Waals surface area contributed by atoms with Gasteiger partial charge in [0.05, 0.1) is 15.9 Å². The molecule has 0 atom stereocenters. The third kappa shape index (κ3) is 3.44. The van der Waals surface area contributed by atoms with Crippen molar-refractivity contribution in [2.24, 2.45) is 0 Å². The number of nitrogens with zero attached hydrogens (tertiary/aromatic N) is 2. The van der Waals surface area contributed by atoms with Crippen molar-refractivity contribution >= 4 is 37.3 Å². The maximum Gasteiger partial charge on any atom is 0.254 e. The Kier molecular flexibility index (Phi) is 4.52. The molecule has 0 bridgehead atoms. The molecule has 8 heteroatoms. The van der Waals surface area contributed by atoms with Crippen LogP contribution in [0.25, 0.3) is 31.9 Å². The van der Waals surface area contributed by atoms with Gasteiger partial charge in [-0.3, -0.25) is 4.72 Å². The average Bonchev–Trinajstić information content (AvgIpc) is 3.24. The molecule has 0 aliphatic carbocycles. The van der Waals surface area contributed by atoms with Crippen LogP contribution in [-0.2, 0) is 10.0 Å². The molecular formula is C20H17N3O3S2. The molecule has 0 amide bonds. The van der Waals surface area contributed by atoms with Crippen LogP contribution in [0.1, 0.15) is 11.5 Å². The Balaban J connectivity index is 1.74. The highest BCUT2D eigenvalue weighted by atomic mass is 32.2. The summed E-state index contributed by atoms with van der Waals surface area (Å²) in [7, 11) is -3.55. The molecule has 2 aromatic carbocycles. The summed E-state index contributed by atoms with van der Waals surface area (Å²) in [6, 6.07) is 13.2. The van der Waals surface area contributed by atoms with E-state index in [2.05, 4.69) is 22.5 Å². The van der Waals surface area contributed by atoms with Crippen molar-refractivity contribution in [2.45, 2.75) is 13.8 Å². The Morgan fingerprint density at radius 2 is 1.96 bits per heavy atom. The van der Waals surface area contributed by atoms with E-state index in [1.54, 1.807) is 29.5 Å². The monoisotopic (exact) mass is 411 g/mol. The highest BCUT2D eigenvalue weighted by Gasteiger charge is 2.14. The molecule has 2 heterocycles. The van der Waals surface area contributed by atoms with E-state index in [-0.39, 0.29) is 0 Å². The standard InChI is InChI=1S/C20H17N3O3S2/c1-4-28(24,25)23-16-7-5-6-15(10-16)20-21-17-9-8-14(11-18(17)27-20)19-12(2)22-26-13(19)3/h4-11,23H,1H2,2-3H3. The molecule has 0 unspecified atom stereocenters. The summed E-state index contributed by atoms with van der Waals surface area (Å²) in [6.45, 7) is 7.12. The lowest BCUT2D eigenvalue weighted by Gasteiger charge is -2.05. The number of sulfonamides is 1. The predicted molar refractivity (Wildman–Crippen MR) is 113 cm³/mol. The van der Waals surface area contributed by atoms with Crippen molar-refractivity contribution in [3.63, 3.8) is 0 Å². The number of nitrogens with one attached hydrogen (secondary N) is 1. The fourth-order valence-corrected chi connectivity index (χ4v) is 4.56. The van der Waals surface area contributed by atoms with Crippen LogP contribution in [0.4, 0.5) is 5.69 Å². The van der Waals surface area contributed by atoms with Crippen molar-refractivity contribution in [3.05, 3.63) is 65.9 Å². The first-order valence-corrected chi connectivity index (χ1v) is 10.8. The van der Waals surface area contributed by atoms with Crippen LogP contribution in [0.15, 0.2) is 59.0 Å². The largest absolute Gasteiger partial charge is 0.361 e. The quantitative estimate of drug-likeness (QED) is 0.493. The minimum Gasteiger partial charge on any atom is -0.361 e. The summed E-state index contributed by atoms with van der Waals surface area (Å²) >= 11 is 1.55. The molecule has 4 rings (SSSR count). The first-order valence-electron chi connectivity index (χ1n) is 8.46. The van der Waals surface area contributed by atoms with Crippen LogP contribution >= 0.6 is 11.3 Å². The van der Waals surface area contributed by atoms with Gasteiger partial charge in [-0.25, -0.2) is 13.4 Å². The number of hydrogen-bond acceptors (Lipinski definition) is 6. The summed E-state index contributed by atoms with van der Waals surface area (Å²) in [5, 5.41) is 5.71. The number of aromatic nitrogens is 2. The minimum absolute atomic E-state index is 0.466. The second kappa shape index (κ2) is 6.88. The van der Waals surface area contributed by atoms with E-state index in [1.165, 1.54) is 0 Å². The van der Waals surface area contributed by atoms with Gasteiger partial charge in [-0.2, -0.15) is 0 Å². The summed E-state index contributed by atoms with van der Waals surface area (Å²) < 4.78 is 32.2. The lowest BCUT2D eigenvalue weighted by molar-refractivity contribution is 0.393. The van der Waals surface area contributed by atoms with Crippen LogP contribution in [0.5, 0.6) is 0 Å². The third-order valence-corrected chi connectivity index (χ3v) is 6.33. The molecular weight excluding hydrogens is 394 g/mol. The maximum atomic E-state index is 11.7. The number of rotatable bonds is 5. The van der Waals surface area contributed by atoms with Crippen molar-refractivity contribution in [3.8, 4) is 21.7 Å². The number of thiazole rings is 1. The summed E-state index contributed by atoms with van der Waals surface area (Å²) in [4.78, 5) is 4.69. The van der Waals surface area contributed by atoms with Gasteiger partial charge in [0, 0.05) is 22.2 Å². The third-order valence-electron chi connectivity index (χ3n) is 4.30. The van der Waals surface area contributed by atoms with Crippen molar-refractivity contribution < 1.29 is 12.9 Å². The number of anilines is 1. The molecule has 0 fully saturated rings. The predicted octanol–water partition coefficient (Wildman–Crippen LogP) is 5.12. The van der Waals surface area contributed by atoms with Crippen molar-refractivity contribution in [1.82, 2.24) is 10.1 Å². The molecule has 0 saturated carbocycles. The van der Waals surface area contributed by atoms with Gasteiger partial charge in [-0.05, 0) is 43.7 Å². The van der Waals surface area contributed by atoms with Gasteiger partial charge in [0.2, 0.25) is 0 Å². The second-order valence-corrected chi connectivity index (χ2v) is 8.95. The maximum absolute atomic E-state index is 11.7. The lowest BCUT2D eigenvalue weighted by atomic mass is 10.0. The zero-order valence-electron chi connectivity index (χ0n) is 15.3. The van der Waals surface area contributed by atoms with Gasteiger partial charge in [0.15, 0.2) is 0 Å². The van der Waals surface area contributed by atoms with E-state index < -0.39 is 10.0 Å². The van der Waals surface area contributed by atoms with Crippen LogP contribution in [0.3, 0.4) is 0 Å². The first-order chi connectivity index (χ1) is 13.4. The first kappa shape index (κ1) is 18.4. The molecule has 4 aromatic rings. The van der Waals surface area contributed by atoms with E-state index in [1.807, 2.05) is 32.0 Å². The van der Waals surface area contributed by atoms with Crippen LogP contribution < -0.4 is 4.72 Å². The highest BCUT2D eigenvalue weighted by molar-refractivity contribution is 7.95. The molecule has 28 heavy (non-hydrogen) atoms. The van der Waals surface area contributed by atoms with Gasteiger partial charge in [-0.15, -0.1) is 11.3 Å². The van der Waals surface area contributed by atoms with E-state index >= 15 is 0 Å². The molecule has 2 aromatic heterocycles. The molecule has 0 saturated heterocycles. The second-order valence-electron chi connectivity index (χ2n) is 6.30. The summed E-state index contributed by atoms with van der Waals surface area (Å²) in [5.74, 6) is 0.781. The fraction of sp³-hybridized carbons (Fsp3) is 0.100. The minimum atomic E-state index is -3.55. The molecule has 0 spiro atoms. The number of fused-ring (bicyclic) bond motifs is 1. The highest BCUT2D eigenvalue weighted by Crippen LogP contribution is 2.35. The van der Waals surface area contributed by atoms with E-state index in [9.17, 15) is 8.42 Å². The van der Waals surface area contributed by atoms with Gasteiger partial charge in [0.1, 0.15) is 10.8 Å². The lowest BCUT2D eigenvalue weighted by Crippen LogP contribution is -2.08. The van der Waals surface area contributed by atoms with Gasteiger partial charge in [0.25, 0.3) is 10.0 Å². The molecule has 0 radical (unpaired) electrons. The fourth-order valence-electron chi connectivity index (χ4n) is 3.02. The Morgan fingerprint density at radius 1 is 1.14 bits per heavy atom. The number of benzene rings is 2. The number of hydrogen-bond donors (Lipinski definition) is 1. The van der Waals surface area contributed by atoms with Gasteiger partial charge >= 0.3 is 0 Å². The zero-order valence-corrected chi connectivity index (χ0v) is 16.9. The normalized spacial score (nSPS) is 11.6.